The molecule has 5 fully saturated rings. The van der Waals surface area contributed by atoms with Crippen molar-refractivity contribution in [3.63, 3.8) is 0 Å². The Balaban J connectivity index is 0.691. The number of aromatic nitrogens is 2. The largest absolute Gasteiger partial charge is 0.494 e. The first kappa shape index (κ1) is 41.0. The number of ether oxygens (including phenoxy) is 2. The molecular weight excluding hydrogens is 785 g/mol. The Bertz CT molecular complexity index is 2190. The maximum atomic E-state index is 13.4. The number of hydrogen-bond donors (Lipinski definition) is 3. The van der Waals surface area contributed by atoms with Gasteiger partial charge in [-0.15, -0.1) is 0 Å². The topological polar surface area (TPSA) is 148 Å². The van der Waals surface area contributed by atoms with Crippen LogP contribution in [0.1, 0.15) is 105 Å². The molecule has 15 nitrogen and oxygen atoms in total. The van der Waals surface area contributed by atoms with Crippen LogP contribution in [0, 0.1) is 11.8 Å². The van der Waals surface area contributed by atoms with Crippen molar-refractivity contribution in [1.82, 2.24) is 35.4 Å². The van der Waals surface area contributed by atoms with E-state index < -0.39 is 11.9 Å². The number of benzene rings is 2. The fraction of sp³-hybridized carbons (Fsp3) is 0.596. The van der Waals surface area contributed by atoms with Crippen molar-refractivity contribution in [2.45, 2.75) is 108 Å². The van der Waals surface area contributed by atoms with Crippen LogP contribution >= 0.6 is 0 Å². The van der Waals surface area contributed by atoms with Gasteiger partial charge < -0.3 is 29.6 Å². The zero-order chi connectivity index (χ0) is 42.7. The highest BCUT2D eigenvalue weighted by Gasteiger charge is 2.42. The second kappa shape index (κ2) is 16.6. The van der Waals surface area contributed by atoms with Gasteiger partial charge in [0.05, 0.1) is 36.8 Å². The van der Waals surface area contributed by atoms with Crippen LogP contribution in [0.5, 0.6) is 11.5 Å². The number of methoxy groups -OCH3 is 1. The Labute approximate surface area is 364 Å². The third-order valence-corrected chi connectivity index (χ3v) is 14.9. The van der Waals surface area contributed by atoms with Gasteiger partial charge in [0.25, 0.3) is 5.91 Å². The fourth-order valence-corrected chi connectivity index (χ4v) is 11.1. The summed E-state index contributed by atoms with van der Waals surface area (Å²) in [4.78, 5) is 59.1. The molecule has 2 aromatic carbocycles. The molecule has 2 unspecified atom stereocenters. The third kappa shape index (κ3) is 8.07. The number of nitrogens with one attached hydrogen (secondary N) is 3. The average Bonchev–Trinajstić information content (AvgIpc) is 3.69. The molecule has 3 amide bonds. The number of nitrogens with zero attached hydrogens (tertiary/aromatic N) is 7. The molecule has 1 saturated carbocycles. The monoisotopic (exact) mass is 846 g/mol. The summed E-state index contributed by atoms with van der Waals surface area (Å²) in [7, 11) is 1.66. The lowest BCUT2D eigenvalue weighted by atomic mass is 9.92. The van der Waals surface area contributed by atoms with Gasteiger partial charge in [-0.05, 0) is 108 Å². The number of amides is 3. The first-order valence-corrected chi connectivity index (χ1v) is 23.0. The van der Waals surface area contributed by atoms with Gasteiger partial charge in [0.1, 0.15) is 35.3 Å². The lowest BCUT2D eigenvalue weighted by molar-refractivity contribution is -0.136. The van der Waals surface area contributed by atoms with E-state index in [-0.39, 0.29) is 29.9 Å². The average molecular weight is 847 g/mol. The minimum atomic E-state index is -0.643. The summed E-state index contributed by atoms with van der Waals surface area (Å²) in [6, 6.07) is 12.7. The molecular formula is C47H62N10O5. The number of carbonyl (C=O) groups excluding carboxylic acids is 3. The molecule has 10 rings (SSSR count). The standard InChI is InChI=1S/C47H62N10O5/c1-29-23-53(25-31-11-17-54(18-12-31)39-8-6-34-36(44(39)61-4)27-57(46(34)60)40-9-10-42(58)50-45(40)59)24-30(2)56(29)26-32-13-19-55(20-14-32)41-22-38(48-28-49-41)43-35-21-33(62-47(3)15-16-47)5-7-37(35)51-52-43/h5-8,21-22,28-32,40,43,51-52H,9-20,23-27H2,1-4H3,(H,50,58,59)/t29-,30+,40?,43?. The zero-order valence-corrected chi connectivity index (χ0v) is 36.7. The SMILES string of the molecule is COc1c(N2CCC(CN3C[C@@H](C)N(CC4CCN(c5cc(C6NNc7ccc(OC8(C)CC8)cc76)ncn5)CC4)[C@@H](C)C3)CC2)ccc2c1CN(C1CCC(=O)NC1=O)C2=O. The maximum Gasteiger partial charge on any atom is 0.255 e. The van der Waals surface area contributed by atoms with E-state index in [1.165, 1.54) is 0 Å². The Morgan fingerprint density at radius 2 is 1.58 bits per heavy atom. The summed E-state index contributed by atoms with van der Waals surface area (Å²) in [5.41, 5.74) is 12.4. The van der Waals surface area contributed by atoms with E-state index in [2.05, 4.69) is 74.7 Å². The van der Waals surface area contributed by atoms with E-state index in [1.807, 2.05) is 18.2 Å². The van der Waals surface area contributed by atoms with Crippen LogP contribution in [0.3, 0.4) is 0 Å². The fourth-order valence-electron chi connectivity index (χ4n) is 11.1. The first-order valence-electron chi connectivity index (χ1n) is 23.0. The molecule has 7 aliphatic rings. The van der Waals surface area contributed by atoms with Crippen molar-refractivity contribution in [3.8, 4) is 11.5 Å². The van der Waals surface area contributed by atoms with Gasteiger partial charge in [0, 0.05) is 93.6 Å². The predicted octanol–water partition coefficient (Wildman–Crippen LogP) is 4.72. The van der Waals surface area contributed by atoms with Gasteiger partial charge in [-0.25, -0.2) is 15.4 Å². The Morgan fingerprint density at radius 3 is 2.29 bits per heavy atom. The van der Waals surface area contributed by atoms with Crippen molar-refractivity contribution in [2.24, 2.45) is 11.8 Å². The van der Waals surface area contributed by atoms with Crippen LogP contribution < -0.4 is 35.4 Å². The van der Waals surface area contributed by atoms with E-state index in [0.29, 0.717) is 42.4 Å². The number of piperazine rings is 1. The molecule has 0 radical (unpaired) electrons. The highest BCUT2D eigenvalue weighted by atomic mass is 16.5. The lowest BCUT2D eigenvalue weighted by Gasteiger charge is -2.48. The minimum absolute atomic E-state index is 0.0227. The van der Waals surface area contributed by atoms with Crippen LogP contribution in [0.15, 0.2) is 42.7 Å². The van der Waals surface area contributed by atoms with Gasteiger partial charge in [0.2, 0.25) is 11.8 Å². The smallest absolute Gasteiger partial charge is 0.255 e. The molecule has 4 saturated heterocycles. The van der Waals surface area contributed by atoms with E-state index >= 15 is 0 Å². The normalized spacial score (nSPS) is 26.9. The number of imide groups is 1. The quantitative estimate of drug-likeness (QED) is 0.229. The predicted molar refractivity (Wildman–Crippen MR) is 236 cm³/mol. The summed E-state index contributed by atoms with van der Waals surface area (Å²) in [6.45, 7) is 15.7. The highest BCUT2D eigenvalue weighted by molar-refractivity contribution is 6.06. The molecule has 62 heavy (non-hydrogen) atoms. The van der Waals surface area contributed by atoms with Crippen molar-refractivity contribution in [2.75, 3.05) is 74.7 Å². The minimum Gasteiger partial charge on any atom is -0.494 e. The van der Waals surface area contributed by atoms with Crippen LogP contribution in [0.2, 0.25) is 0 Å². The number of anilines is 3. The molecule has 1 aromatic heterocycles. The van der Waals surface area contributed by atoms with Crippen molar-refractivity contribution >= 4 is 34.9 Å². The molecule has 6 aliphatic heterocycles. The Morgan fingerprint density at radius 1 is 0.855 bits per heavy atom. The molecule has 3 N–H and O–H groups in total. The van der Waals surface area contributed by atoms with Gasteiger partial charge in [-0.2, -0.15) is 0 Å². The molecule has 15 heteroatoms. The van der Waals surface area contributed by atoms with Crippen LogP contribution in [-0.4, -0.2) is 126 Å². The molecule has 4 atom stereocenters. The molecule has 3 aromatic rings. The highest BCUT2D eigenvalue weighted by Crippen LogP contribution is 2.43. The molecule has 1 aliphatic carbocycles. The summed E-state index contributed by atoms with van der Waals surface area (Å²) < 4.78 is 12.3. The van der Waals surface area contributed by atoms with Gasteiger partial charge in [-0.3, -0.25) is 29.5 Å². The molecule has 330 valence electrons. The van der Waals surface area contributed by atoms with Crippen LogP contribution in [-0.2, 0) is 16.1 Å². The van der Waals surface area contributed by atoms with Crippen molar-refractivity contribution in [1.29, 1.82) is 0 Å². The number of hydrazine groups is 1. The number of rotatable bonds is 11. The van der Waals surface area contributed by atoms with Gasteiger partial charge >= 0.3 is 0 Å². The van der Waals surface area contributed by atoms with Crippen LogP contribution in [0.4, 0.5) is 17.2 Å². The number of piperidine rings is 3. The summed E-state index contributed by atoms with van der Waals surface area (Å²) in [5.74, 6) is 3.08. The first-order chi connectivity index (χ1) is 30.0. The van der Waals surface area contributed by atoms with Crippen LogP contribution in [0.25, 0.3) is 0 Å². The van der Waals surface area contributed by atoms with E-state index in [4.69, 9.17) is 19.4 Å². The van der Waals surface area contributed by atoms with Gasteiger partial charge in [0.15, 0.2) is 0 Å². The third-order valence-electron chi connectivity index (χ3n) is 14.9. The number of carbonyl (C=O) groups is 3. The zero-order valence-electron chi connectivity index (χ0n) is 36.7. The molecule has 0 spiro atoms. The second-order valence-corrected chi connectivity index (χ2v) is 19.3. The van der Waals surface area contributed by atoms with E-state index in [0.717, 1.165) is 136 Å². The summed E-state index contributed by atoms with van der Waals surface area (Å²) in [6.07, 6.45) is 9.03. The van der Waals surface area contributed by atoms with E-state index in [9.17, 15) is 14.4 Å². The lowest BCUT2D eigenvalue weighted by Crippen LogP contribution is -2.59. The summed E-state index contributed by atoms with van der Waals surface area (Å²) in [5, 5.41) is 2.40. The molecule has 0 bridgehead atoms. The van der Waals surface area contributed by atoms with Crippen molar-refractivity contribution in [3.05, 3.63) is 65.1 Å². The van der Waals surface area contributed by atoms with Crippen molar-refractivity contribution < 1.29 is 23.9 Å². The second-order valence-electron chi connectivity index (χ2n) is 19.3. The van der Waals surface area contributed by atoms with Gasteiger partial charge in [-0.1, -0.05) is 0 Å². The number of fused-ring (bicyclic) bond motifs is 2. The molecule has 7 heterocycles. The summed E-state index contributed by atoms with van der Waals surface area (Å²) >= 11 is 0. The Kier molecular flexibility index (Phi) is 11.0. The van der Waals surface area contributed by atoms with E-state index in [1.54, 1.807) is 18.3 Å². The maximum absolute atomic E-state index is 13.4. The number of hydrogen-bond acceptors (Lipinski definition) is 13. The Hall–Kier alpha value is -4.99.